The molecule has 22 heavy (non-hydrogen) atoms. The fourth-order valence-electron chi connectivity index (χ4n) is 2.13. The van der Waals surface area contributed by atoms with Crippen molar-refractivity contribution in [1.82, 2.24) is 9.97 Å². The molecule has 0 aliphatic carbocycles. The summed E-state index contributed by atoms with van der Waals surface area (Å²) in [5.74, 6) is 0.921. The first-order chi connectivity index (χ1) is 10.9. The van der Waals surface area contributed by atoms with Crippen LogP contribution in [0.15, 0.2) is 65.1 Å². The van der Waals surface area contributed by atoms with Crippen LogP contribution in [0.3, 0.4) is 0 Å². The molecule has 0 atom stereocenters. The van der Waals surface area contributed by atoms with Crippen molar-refractivity contribution < 1.29 is 0 Å². The van der Waals surface area contributed by atoms with Gasteiger partial charge in [-0.05, 0) is 12.1 Å². The standard InChI is InChI=1S/C17H12N2S3/c1-2-6-12(7-3-1)16-18-10-13(21-16)11-20-17-19-14-8-4-5-9-15(14)22-17/h1-10H,11H2. The summed E-state index contributed by atoms with van der Waals surface area (Å²) in [5, 5.41) is 1.08. The van der Waals surface area contributed by atoms with Crippen LogP contribution in [0.4, 0.5) is 0 Å². The largest absolute Gasteiger partial charge is 0.244 e. The van der Waals surface area contributed by atoms with Crippen molar-refractivity contribution in [2.75, 3.05) is 0 Å². The van der Waals surface area contributed by atoms with Crippen molar-refractivity contribution in [3.05, 3.63) is 65.7 Å². The van der Waals surface area contributed by atoms with Gasteiger partial charge in [-0.1, -0.05) is 54.2 Å². The molecule has 108 valence electrons. The van der Waals surface area contributed by atoms with Crippen LogP contribution in [0, 0.1) is 0 Å². The Morgan fingerprint density at radius 1 is 0.909 bits per heavy atom. The lowest BCUT2D eigenvalue weighted by Gasteiger charge is -1.94. The van der Waals surface area contributed by atoms with E-state index in [-0.39, 0.29) is 0 Å². The Labute approximate surface area is 140 Å². The third kappa shape index (κ3) is 2.92. The lowest BCUT2D eigenvalue weighted by Crippen LogP contribution is -1.73. The van der Waals surface area contributed by atoms with Gasteiger partial charge in [0.1, 0.15) is 5.01 Å². The van der Waals surface area contributed by atoms with Crippen molar-refractivity contribution >= 4 is 44.7 Å². The highest BCUT2D eigenvalue weighted by molar-refractivity contribution is 8.00. The second kappa shape index (κ2) is 6.20. The minimum absolute atomic E-state index is 0.921. The van der Waals surface area contributed by atoms with Crippen molar-refractivity contribution in [2.45, 2.75) is 10.1 Å². The molecular formula is C17H12N2S3. The lowest BCUT2D eigenvalue weighted by atomic mass is 10.2. The molecule has 0 amide bonds. The van der Waals surface area contributed by atoms with Gasteiger partial charge in [-0.3, -0.25) is 0 Å². The van der Waals surface area contributed by atoms with Gasteiger partial charge in [-0.15, -0.1) is 22.7 Å². The maximum absolute atomic E-state index is 4.66. The number of thiazole rings is 2. The average molecular weight is 340 g/mol. The Hall–Kier alpha value is -1.69. The summed E-state index contributed by atoms with van der Waals surface area (Å²) in [6, 6.07) is 18.6. The van der Waals surface area contributed by atoms with Gasteiger partial charge in [0.25, 0.3) is 0 Å². The molecule has 0 aliphatic heterocycles. The van der Waals surface area contributed by atoms with Crippen molar-refractivity contribution in [1.29, 1.82) is 0 Å². The highest BCUT2D eigenvalue weighted by Gasteiger charge is 2.07. The molecule has 0 N–H and O–H groups in total. The topological polar surface area (TPSA) is 25.8 Å². The van der Waals surface area contributed by atoms with Crippen molar-refractivity contribution in [3.63, 3.8) is 0 Å². The second-order valence-electron chi connectivity index (χ2n) is 4.73. The van der Waals surface area contributed by atoms with E-state index < -0.39 is 0 Å². The van der Waals surface area contributed by atoms with Crippen molar-refractivity contribution in [2.24, 2.45) is 0 Å². The number of fused-ring (bicyclic) bond motifs is 1. The molecule has 0 radical (unpaired) electrons. The molecule has 0 saturated heterocycles. The van der Waals surface area contributed by atoms with Crippen LogP contribution in [0.5, 0.6) is 0 Å². The highest BCUT2D eigenvalue weighted by atomic mass is 32.2. The van der Waals surface area contributed by atoms with Gasteiger partial charge in [0, 0.05) is 22.4 Å². The third-order valence-electron chi connectivity index (χ3n) is 3.19. The zero-order valence-corrected chi connectivity index (χ0v) is 14.0. The zero-order valence-electron chi connectivity index (χ0n) is 11.6. The van der Waals surface area contributed by atoms with Gasteiger partial charge >= 0.3 is 0 Å². The van der Waals surface area contributed by atoms with Crippen LogP contribution in [-0.2, 0) is 5.75 Å². The predicted molar refractivity (Wildman–Crippen MR) is 96.7 cm³/mol. The molecule has 5 heteroatoms. The van der Waals surface area contributed by atoms with E-state index in [1.807, 2.05) is 30.5 Å². The number of hydrogen-bond acceptors (Lipinski definition) is 5. The molecule has 2 heterocycles. The Morgan fingerprint density at radius 2 is 1.73 bits per heavy atom. The maximum Gasteiger partial charge on any atom is 0.151 e. The summed E-state index contributed by atoms with van der Waals surface area (Å²) in [4.78, 5) is 10.5. The van der Waals surface area contributed by atoms with Gasteiger partial charge in [-0.25, -0.2) is 9.97 Å². The van der Waals surface area contributed by atoms with Crippen LogP contribution >= 0.6 is 34.4 Å². The SMILES string of the molecule is c1ccc(-c2ncc(CSc3nc4ccccc4s3)s2)cc1. The zero-order chi connectivity index (χ0) is 14.8. The average Bonchev–Trinajstić information content (AvgIpc) is 3.20. The van der Waals surface area contributed by atoms with Gasteiger partial charge in [0.05, 0.1) is 10.2 Å². The summed E-state index contributed by atoms with van der Waals surface area (Å²) in [6.07, 6.45) is 1.98. The van der Waals surface area contributed by atoms with E-state index in [0.717, 1.165) is 20.6 Å². The van der Waals surface area contributed by atoms with Gasteiger partial charge < -0.3 is 0 Å². The fourth-order valence-corrected chi connectivity index (χ4v) is 5.14. The molecule has 0 saturated carbocycles. The normalized spacial score (nSPS) is 11.1. The van der Waals surface area contributed by atoms with Gasteiger partial charge in [0.2, 0.25) is 0 Å². The first-order valence-corrected chi connectivity index (χ1v) is 9.49. The van der Waals surface area contributed by atoms with E-state index in [9.17, 15) is 0 Å². The molecule has 2 aromatic heterocycles. The molecule has 0 spiro atoms. The minimum atomic E-state index is 0.921. The Kier molecular flexibility index (Phi) is 3.93. The highest BCUT2D eigenvalue weighted by Crippen LogP contribution is 2.33. The summed E-state index contributed by atoms with van der Waals surface area (Å²) in [5.41, 5.74) is 2.27. The number of nitrogens with zero attached hydrogens (tertiary/aromatic N) is 2. The van der Waals surface area contributed by atoms with Gasteiger partial charge in [0.15, 0.2) is 4.34 Å². The molecule has 4 aromatic rings. The Balaban J connectivity index is 1.49. The number of benzene rings is 2. The minimum Gasteiger partial charge on any atom is -0.244 e. The summed E-state index contributed by atoms with van der Waals surface area (Å²) >= 11 is 5.30. The van der Waals surface area contributed by atoms with E-state index in [4.69, 9.17) is 0 Å². The summed E-state index contributed by atoms with van der Waals surface area (Å²) in [7, 11) is 0. The van der Waals surface area contributed by atoms with Crippen LogP contribution in [0.1, 0.15) is 4.88 Å². The van der Waals surface area contributed by atoms with Crippen LogP contribution in [0.2, 0.25) is 0 Å². The van der Waals surface area contributed by atoms with Crippen LogP contribution in [-0.4, -0.2) is 9.97 Å². The van der Waals surface area contributed by atoms with Gasteiger partial charge in [-0.2, -0.15) is 0 Å². The lowest BCUT2D eigenvalue weighted by molar-refractivity contribution is 1.29. The van der Waals surface area contributed by atoms with Crippen LogP contribution in [0.25, 0.3) is 20.8 Å². The van der Waals surface area contributed by atoms with E-state index in [2.05, 4.69) is 40.3 Å². The molecule has 0 bridgehead atoms. The number of rotatable bonds is 4. The number of thioether (sulfide) groups is 1. The maximum atomic E-state index is 4.66. The smallest absolute Gasteiger partial charge is 0.151 e. The molecular weight excluding hydrogens is 328 g/mol. The van der Waals surface area contributed by atoms with Crippen molar-refractivity contribution in [3.8, 4) is 10.6 Å². The quantitative estimate of drug-likeness (QED) is 0.445. The van der Waals surface area contributed by atoms with E-state index in [1.165, 1.54) is 15.1 Å². The molecule has 0 aliphatic rings. The van der Waals surface area contributed by atoms with E-state index in [0.29, 0.717) is 0 Å². The Bertz CT molecular complexity index is 863. The summed E-state index contributed by atoms with van der Waals surface area (Å²) < 4.78 is 2.37. The number of hydrogen-bond donors (Lipinski definition) is 0. The molecule has 2 nitrogen and oxygen atoms in total. The Morgan fingerprint density at radius 3 is 2.59 bits per heavy atom. The van der Waals surface area contributed by atoms with E-state index in [1.54, 1.807) is 34.4 Å². The molecule has 0 unspecified atom stereocenters. The van der Waals surface area contributed by atoms with E-state index >= 15 is 0 Å². The molecule has 0 fully saturated rings. The second-order valence-corrected chi connectivity index (χ2v) is 8.10. The first-order valence-electron chi connectivity index (χ1n) is 6.87. The first kappa shape index (κ1) is 13.9. The molecule has 4 rings (SSSR count). The number of aromatic nitrogens is 2. The predicted octanol–water partition coefficient (Wildman–Crippen LogP) is 5.71. The summed E-state index contributed by atoms with van der Waals surface area (Å²) in [6.45, 7) is 0. The van der Waals surface area contributed by atoms with Crippen LogP contribution < -0.4 is 0 Å². The molecule has 2 aromatic carbocycles. The number of para-hydroxylation sites is 1. The third-order valence-corrected chi connectivity index (χ3v) is 6.64. The fraction of sp³-hybridized carbons (Fsp3) is 0.0588. The monoisotopic (exact) mass is 340 g/mol.